The molecule has 0 radical (unpaired) electrons. The van der Waals surface area contributed by atoms with E-state index in [-0.39, 0.29) is 13.0 Å². The van der Waals surface area contributed by atoms with Gasteiger partial charge >= 0.3 is 5.97 Å². The van der Waals surface area contributed by atoms with Gasteiger partial charge in [0.15, 0.2) is 0 Å². The van der Waals surface area contributed by atoms with Gasteiger partial charge in [-0.3, -0.25) is 0 Å². The number of aromatic carboxylic acids is 1. The van der Waals surface area contributed by atoms with E-state index in [1.54, 1.807) is 12.1 Å². The van der Waals surface area contributed by atoms with Gasteiger partial charge in [0, 0.05) is 35.8 Å². The van der Waals surface area contributed by atoms with E-state index >= 15 is 0 Å². The number of hydrogen-bond donors (Lipinski definition) is 1. The maximum Gasteiger partial charge on any atom is 0.336 e. The number of carboxylic acids is 1. The monoisotopic (exact) mass is 873 g/mol. The zero-order chi connectivity index (χ0) is 46.0. The zero-order valence-corrected chi connectivity index (χ0v) is 38.9. The molecule has 4 nitrogen and oxygen atoms in total. The average Bonchev–Trinajstić information content (AvgIpc) is 3.35. The Labute approximate surface area is 395 Å². The lowest BCUT2D eigenvalue weighted by atomic mass is 9.89. The third kappa shape index (κ3) is 10.5. The minimum atomic E-state index is -0.951. The highest BCUT2D eigenvalue weighted by Crippen LogP contribution is 2.36. The van der Waals surface area contributed by atoms with Gasteiger partial charge in [-0.05, 0) is 146 Å². The number of aryl methyl sites for hydroxylation is 1. The van der Waals surface area contributed by atoms with E-state index in [0.29, 0.717) is 5.56 Å². The van der Waals surface area contributed by atoms with E-state index in [0.717, 1.165) is 56.9 Å². The van der Waals surface area contributed by atoms with E-state index in [4.69, 9.17) is 0 Å². The number of para-hydroxylation sites is 2. The number of hydrogen-bond acceptors (Lipinski definition) is 3. The Kier molecular flexibility index (Phi) is 15.1. The molecular weight excluding hydrogens is 817 g/mol. The second kappa shape index (κ2) is 21.6. The topological polar surface area (TPSA) is 43.8 Å². The van der Waals surface area contributed by atoms with Gasteiger partial charge in [0.05, 0.1) is 5.56 Å². The lowest BCUT2D eigenvalue weighted by Crippen LogP contribution is -2.22. The molecule has 0 fully saturated rings. The van der Waals surface area contributed by atoms with Gasteiger partial charge in [0.2, 0.25) is 0 Å². The fourth-order valence-electron chi connectivity index (χ4n) is 8.70. The van der Waals surface area contributed by atoms with Crippen LogP contribution in [0.15, 0.2) is 218 Å². The van der Waals surface area contributed by atoms with Crippen LogP contribution in [0.1, 0.15) is 52.0 Å². The number of rotatable bonds is 11. The van der Waals surface area contributed by atoms with Crippen molar-refractivity contribution in [2.45, 2.75) is 20.8 Å². The third-order valence-electron chi connectivity index (χ3n) is 12.0. The van der Waals surface area contributed by atoms with E-state index in [9.17, 15) is 9.90 Å². The summed E-state index contributed by atoms with van der Waals surface area (Å²) in [5, 5.41) is 16.5. The molecule has 1 N–H and O–H groups in total. The maximum atomic E-state index is 12.1. The van der Waals surface area contributed by atoms with Crippen molar-refractivity contribution in [3.05, 3.63) is 280 Å². The normalized spacial score (nSPS) is 10.6. The number of anilines is 4. The van der Waals surface area contributed by atoms with Crippen LogP contribution in [0.4, 0.5) is 22.7 Å². The van der Waals surface area contributed by atoms with Gasteiger partial charge in [0.25, 0.3) is 0 Å². The van der Waals surface area contributed by atoms with Gasteiger partial charge in [-0.15, -0.1) is 0 Å². The second-order valence-corrected chi connectivity index (χ2v) is 16.2. The van der Waals surface area contributed by atoms with Crippen LogP contribution in [-0.4, -0.2) is 24.2 Å². The van der Waals surface area contributed by atoms with E-state index < -0.39 is 5.97 Å². The Hall–Kier alpha value is -8.21. The lowest BCUT2D eigenvalue weighted by Gasteiger charge is -2.25. The summed E-state index contributed by atoms with van der Waals surface area (Å²) in [6.45, 7) is 16.7. The van der Waals surface area contributed by atoms with Crippen LogP contribution in [0, 0.1) is 14.4 Å². The van der Waals surface area contributed by atoms with E-state index in [1.165, 1.54) is 43.9 Å². The fourth-order valence-corrected chi connectivity index (χ4v) is 8.70. The Morgan fingerprint density at radius 3 is 1.48 bits per heavy atom. The summed E-state index contributed by atoms with van der Waals surface area (Å²) in [5.41, 5.74) is 12.3. The molecule has 0 heterocycles. The molecule has 0 bridgehead atoms. The van der Waals surface area contributed by atoms with E-state index in [2.05, 4.69) is 177 Å². The molecule has 4 heteroatoms. The van der Waals surface area contributed by atoms with Crippen LogP contribution in [0.2, 0.25) is 0 Å². The van der Waals surface area contributed by atoms with Gasteiger partial charge < -0.3 is 22.3 Å². The molecule has 0 aliphatic heterocycles. The van der Waals surface area contributed by atoms with Crippen molar-refractivity contribution in [2.24, 2.45) is 0 Å². The molecule has 0 aromatic heterocycles. The molecule has 0 unspecified atom stereocenters. The smallest absolute Gasteiger partial charge is 0.336 e. The number of benzene rings is 9. The molecule has 9 rings (SSSR count). The first-order valence-electron chi connectivity index (χ1n) is 22.5. The highest BCUT2D eigenvalue weighted by atomic mass is 16.4. The third-order valence-corrected chi connectivity index (χ3v) is 12.0. The summed E-state index contributed by atoms with van der Waals surface area (Å²) in [7, 11) is 0. The molecule has 332 valence electrons. The first-order chi connectivity index (χ1) is 32.2. The van der Waals surface area contributed by atoms with Crippen molar-refractivity contribution in [1.82, 2.24) is 0 Å². The summed E-state index contributed by atoms with van der Waals surface area (Å²) < 4.78 is 0. The Balaban J connectivity index is 0.000000199. The van der Waals surface area contributed by atoms with E-state index in [1.807, 2.05) is 72.8 Å². The van der Waals surface area contributed by atoms with Gasteiger partial charge in [-0.25, -0.2) is 4.79 Å². The number of carbonyl (C=O) groups is 1. The van der Waals surface area contributed by atoms with Crippen LogP contribution in [0.25, 0.3) is 35.1 Å². The van der Waals surface area contributed by atoms with Gasteiger partial charge in [0.1, 0.15) is 0 Å². The Bertz CT molecular complexity index is 3270. The van der Waals surface area contributed by atoms with Gasteiger partial charge in [-0.1, -0.05) is 177 Å². The standard InChI is InChI=1S/C33H25NO2.C29H29N.CH3/c1-24-16-18-25(19-17-24)32(30-14-8-9-15-31(30)33(35)36)26-20-22-29(23-21-26)34(27-10-4-2-5-11-27)28-12-6-3-7-13-28;1-5-30(6-2)25-18-19-26(22(4)20-25)29(24-16-14-21(3)15-17-24)28-13-9-11-23-10-7-8-12-27(23)28;/h2-23H,1H2,(H,35,36);7-20H,3,5-6H2,1-2,4H3;1H3/q;;-1. The molecule has 67 heavy (non-hydrogen) atoms. The van der Waals surface area contributed by atoms with Crippen LogP contribution in [-0.2, 0) is 0 Å². The minimum Gasteiger partial charge on any atom is -0.478 e. The Morgan fingerprint density at radius 1 is 0.463 bits per heavy atom. The van der Waals surface area contributed by atoms with Crippen LogP contribution in [0.5, 0.6) is 0 Å². The molecule has 9 aromatic rings. The maximum absolute atomic E-state index is 12.1. The quantitative estimate of drug-likeness (QED) is 0.132. The molecule has 0 saturated carbocycles. The van der Waals surface area contributed by atoms with Crippen molar-refractivity contribution in [3.63, 3.8) is 0 Å². The zero-order valence-electron chi connectivity index (χ0n) is 38.9. The predicted molar refractivity (Wildman–Crippen MR) is 285 cm³/mol. The molecule has 0 amide bonds. The van der Waals surface area contributed by atoms with Gasteiger partial charge in [-0.2, -0.15) is 0 Å². The van der Waals surface area contributed by atoms with Crippen molar-refractivity contribution >= 4 is 63.8 Å². The molecule has 0 atom stereocenters. The molecular formula is C63H57N2O2-. The molecule has 0 spiro atoms. The van der Waals surface area contributed by atoms with Crippen LogP contribution in [0.3, 0.4) is 0 Å². The van der Waals surface area contributed by atoms with Crippen molar-refractivity contribution in [2.75, 3.05) is 22.9 Å². The lowest BCUT2D eigenvalue weighted by molar-refractivity contribution is 0.0696. The summed E-state index contributed by atoms with van der Waals surface area (Å²) in [6.07, 6.45) is 0. The molecule has 0 aliphatic carbocycles. The van der Waals surface area contributed by atoms with Crippen molar-refractivity contribution in [1.29, 1.82) is 0 Å². The highest BCUT2D eigenvalue weighted by Gasteiger charge is 2.18. The highest BCUT2D eigenvalue weighted by molar-refractivity contribution is 5.99. The first-order valence-corrected chi connectivity index (χ1v) is 22.5. The van der Waals surface area contributed by atoms with Crippen molar-refractivity contribution < 1.29 is 9.90 Å². The summed E-state index contributed by atoms with van der Waals surface area (Å²) >= 11 is 0. The van der Waals surface area contributed by atoms with Crippen LogP contribution < -0.4 is 30.7 Å². The fraction of sp³-hybridized carbons (Fsp3) is 0.0794. The molecule has 0 saturated heterocycles. The summed E-state index contributed by atoms with van der Waals surface area (Å²) in [6, 6.07) is 74.4. The van der Waals surface area contributed by atoms with Crippen LogP contribution >= 0.6 is 0 Å². The molecule has 9 aromatic carbocycles. The summed E-state index contributed by atoms with van der Waals surface area (Å²) in [5.74, 6) is -0.951. The second-order valence-electron chi connectivity index (χ2n) is 16.2. The largest absolute Gasteiger partial charge is 0.478 e. The minimum absolute atomic E-state index is 0. The van der Waals surface area contributed by atoms with Crippen molar-refractivity contribution in [3.8, 4) is 0 Å². The molecule has 0 aliphatic rings. The summed E-state index contributed by atoms with van der Waals surface area (Å²) in [4.78, 5) is 16.7. The SMILES string of the molecule is C=c1ccc(=C(c2ccc(N(CC)CC)cc2C)c2cccc3ccccc23)cc1.C=c1ccc(=C(c2ccc(N(c3ccccc3)c3ccccc3)cc2)c2ccccc2C(=O)O)cc1.[CH3-]. The Morgan fingerprint density at radius 2 is 0.925 bits per heavy atom. The average molecular weight is 874 g/mol. The first kappa shape index (κ1) is 46.8. The number of carboxylic acid groups (broad SMARTS) is 1. The number of nitrogens with zero attached hydrogens (tertiary/aromatic N) is 2. The predicted octanol–water partition coefficient (Wildman–Crippen LogP) is 12.6. The number of fused-ring (bicyclic) bond motifs is 1.